The highest BCUT2D eigenvalue weighted by molar-refractivity contribution is 5.87. The third-order valence-corrected chi connectivity index (χ3v) is 3.04. The maximum atomic E-state index is 11.5. The van der Waals surface area contributed by atoms with Gasteiger partial charge in [0.05, 0.1) is 6.21 Å². The van der Waals surface area contributed by atoms with Gasteiger partial charge < -0.3 is 4.84 Å². The summed E-state index contributed by atoms with van der Waals surface area (Å²) in [5.74, 6) is -0.284. The van der Waals surface area contributed by atoms with Gasteiger partial charge in [-0.05, 0) is 31.2 Å². The number of oxime groups is 1. The smallest absolute Gasteiger partial charge is 0.280 e. The number of nitrogens with one attached hydrogen (secondary N) is 1. The number of amides is 1. The van der Waals surface area contributed by atoms with Crippen molar-refractivity contribution < 1.29 is 9.63 Å². The second-order valence-electron chi connectivity index (χ2n) is 4.69. The Hall–Kier alpha value is -2.17. The zero-order valence-electron chi connectivity index (χ0n) is 11.4. The highest BCUT2D eigenvalue weighted by atomic mass is 16.6. The second-order valence-corrected chi connectivity index (χ2v) is 4.69. The third kappa shape index (κ3) is 5.22. The highest BCUT2D eigenvalue weighted by Gasteiger charge is 2.07. The van der Waals surface area contributed by atoms with Crippen molar-refractivity contribution in [3.63, 3.8) is 0 Å². The van der Waals surface area contributed by atoms with Crippen LogP contribution in [-0.2, 0) is 9.63 Å². The summed E-state index contributed by atoms with van der Waals surface area (Å²) < 4.78 is 0. The van der Waals surface area contributed by atoms with Gasteiger partial charge in [0, 0.05) is 5.71 Å². The molecule has 0 unspecified atom stereocenters. The van der Waals surface area contributed by atoms with Crippen molar-refractivity contribution in [2.75, 3.05) is 6.61 Å². The largest absolute Gasteiger partial charge is 0.386 e. The Morgan fingerprint density at radius 2 is 1.95 bits per heavy atom. The molecule has 20 heavy (non-hydrogen) atoms. The van der Waals surface area contributed by atoms with Crippen LogP contribution in [0.1, 0.15) is 37.7 Å². The van der Waals surface area contributed by atoms with Crippen LogP contribution in [0.4, 0.5) is 0 Å². The molecule has 2 rings (SSSR count). The lowest BCUT2D eigenvalue weighted by atomic mass is 9.99. The second kappa shape index (κ2) is 8.09. The standard InChI is InChI=1S/C15H19N3O2/c19-15(18-17-14-9-5-2-6-10-14)12-20-16-11-13-7-3-1-4-8-13/h1,3-4,7-8,11H,2,5-6,9-10,12H2,(H,18,19)/b16-11+. The average Bonchev–Trinajstić information content (AvgIpc) is 2.52. The van der Waals surface area contributed by atoms with Gasteiger partial charge in [-0.15, -0.1) is 0 Å². The van der Waals surface area contributed by atoms with Crippen molar-refractivity contribution in [3.05, 3.63) is 35.9 Å². The number of nitrogens with zero attached hydrogens (tertiary/aromatic N) is 2. The Balaban J connectivity index is 1.66. The van der Waals surface area contributed by atoms with E-state index in [0.29, 0.717) is 0 Å². The Labute approximate surface area is 118 Å². The molecular weight excluding hydrogens is 254 g/mol. The van der Waals surface area contributed by atoms with Crippen molar-refractivity contribution in [1.29, 1.82) is 0 Å². The molecule has 1 aliphatic rings. The third-order valence-electron chi connectivity index (χ3n) is 3.04. The maximum Gasteiger partial charge on any atom is 0.280 e. The number of rotatable bonds is 5. The number of benzene rings is 1. The summed E-state index contributed by atoms with van der Waals surface area (Å²) in [5, 5.41) is 7.85. The van der Waals surface area contributed by atoms with E-state index in [4.69, 9.17) is 4.84 Å². The summed E-state index contributed by atoms with van der Waals surface area (Å²) in [6, 6.07) is 9.56. The quantitative estimate of drug-likeness (QED) is 0.661. The van der Waals surface area contributed by atoms with Crippen molar-refractivity contribution in [2.45, 2.75) is 32.1 Å². The molecule has 0 aliphatic heterocycles. The van der Waals surface area contributed by atoms with Crippen LogP contribution in [0.5, 0.6) is 0 Å². The SMILES string of the molecule is O=C(CO/N=C/c1ccccc1)NN=C1CCCCC1. The first-order chi connectivity index (χ1) is 9.84. The summed E-state index contributed by atoms with van der Waals surface area (Å²) in [5.41, 5.74) is 4.49. The minimum atomic E-state index is -0.284. The van der Waals surface area contributed by atoms with Gasteiger partial charge in [0.25, 0.3) is 5.91 Å². The van der Waals surface area contributed by atoms with Crippen LogP contribution in [0, 0.1) is 0 Å². The molecule has 1 fully saturated rings. The number of hydrogen-bond acceptors (Lipinski definition) is 4. The van der Waals surface area contributed by atoms with Crippen LogP contribution in [-0.4, -0.2) is 24.4 Å². The summed E-state index contributed by atoms with van der Waals surface area (Å²) in [7, 11) is 0. The van der Waals surface area contributed by atoms with Crippen LogP contribution in [0.25, 0.3) is 0 Å². The number of carbonyl (C=O) groups is 1. The molecule has 0 aromatic heterocycles. The molecular formula is C15H19N3O2. The zero-order chi connectivity index (χ0) is 14.0. The lowest BCUT2D eigenvalue weighted by molar-refractivity contribution is -0.125. The number of hydrazone groups is 1. The van der Waals surface area contributed by atoms with Crippen LogP contribution in [0.2, 0.25) is 0 Å². The molecule has 1 aromatic rings. The monoisotopic (exact) mass is 273 g/mol. The van der Waals surface area contributed by atoms with Crippen molar-refractivity contribution in [1.82, 2.24) is 5.43 Å². The first-order valence-corrected chi connectivity index (χ1v) is 6.89. The van der Waals surface area contributed by atoms with Gasteiger partial charge in [0.2, 0.25) is 0 Å². The summed E-state index contributed by atoms with van der Waals surface area (Å²) in [6.07, 6.45) is 7.10. The lowest BCUT2D eigenvalue weighted by Gasteiger charge is -2.11. The van der Waals surface area contributed by atoms with E-state index in [1.165, 1.54) is 6.42 Å². The first kappa shape index (κ1) is 14.2. The minimum Gasteiger partial charge on any atom is -0.386 e. The maximum absolute atomic E-state index is 11.5. The molecule has 5 nitrogen and oxygen atoms in total. The van der Waals surface area contributed by atoms with Gasteiger partial charge in [-0.2, -0.15) is 5.10 Å². The number of carbonyl (C=O) groups excluding carboxylic acids is 1. The Morgan fingerprint density at radius 3 is 2.70 bits per heavy atom. The molecule has 0 radical (unpaired) electrons. The zero-order valence-corrected chi connectivity index (χ0v) is 11.4. The fraction of sp³-hybridized carbons (Fsp3) is 0.400. The van der Waals surface area contributed by atoms with Crippen LogP contribution in [0.3, 0.4) is 0 Å². The molecule has 5 heteroatoms. The van der Waals surface area contributed by atoms with E-state index in [1.807, 2.05) is 30.3 Å². The van der Waals surface area contributed by atoms with Crippen molar-refractivity contribution in [3.8, 4) is 0 Å². The van der Waals surface area contributed by atoms with Crippen LogP contribution < -0.4 is 5.43 Å². The van der Waals surface area contributed by atoms with Gasteiger partial charge >= 0.3 is 0 Å². The molecule has 1 aliphatic carbocycles. The lowest BCUT2D eigenvalue weighted by Crippen LogP contribution is -2.24. The fourth-order valence-corrected chi connectivity index (χ4v) is 1.98. The molecule has 0 spiro atoms. The van der Waals surface area contributed by atoms with Crippen LogP contribution >= 0.6 is 0 Å². The fourth-order valence-electron chi connectivity index (χ4n) is 1.98. The predicted octanol–water partition coefficient (Wildman–Crippen LogP) is 2.47. The minimum absolute atomic E-state index is 0.125. The van der Waals surface area contributed by atoms with E-state index in [2.05, 4.69) is 15.7 Å². The molecule has 1 aromatic carbocycles. The van der Waals surface area contributed by atoms with Gasteiger partial charge in [-0.1, -0.05) is 41.9 Å². The molecule has 0 bridgehead atoms. The van der Waals surface area contributed by atoms with E-state index in [-0.39, 0.29) is 12.5 Å². The predicted molar refractivity (Wildman–Crippen MR) is 78.7 cm³/mol. The van der Waals surface area contributed by atoms with E-state index in [1.54, 1.807) is 6.21 Å². The molecule has 1 amide bonds. The Bertz CT molecular complexity index is 475. The first-order valence-electron chi connectivity index (χ1n) is 6.89. The molecule has 0 saturated heterocycles. The van der Waals surface area contributed by atoms with Gasteiger partial charge in [0.1, 0.15) is 0 Å². The summed E-state index contributed by atoms with van der Waals surface area (Å²) in [6.45, 7) is -0.125. The topological polar surface area (TPSA) is 63.0 Å². The summed E-state index contributed by atoms with van der Waals surface area (Å²) >= 11 is 0. The molecule has 0 heterocycles. The Morgan fingerprint density at radius 1 is 1.20 bits per heavy atom. The van der Waals surface area contributed by atoms with Gasteiger partial charge in [-0.25, -0.2) is 5.43 Å². The van der Waals surface area contributed by atoms with Crippen molar-refractivity contribution in [2.24, 2.45) is 10.3 Å². The average molecular weight is 273 g/mol. The molecule has 0 atom stereocenters. The van der Waals surface area contributed by atoms with Gasteiger partial charge in [-0.3, -0.25) is 4.79 Å². The van der Waals surface area contributed by atoms with Crippen LogP contribution in [0.15, 0.2) is 40.6 Å². The molecule has 1 N–H and O–H groups in total. The van der Waals surface area contributed by atoms with E-state index in [0.717, 1.165) is 37.0 Å². The molecule has 106 valence electrons. The Kier molecular flexibility index (Phi) is 5.76. The highest BCUT2D eigenvalue weighted by Crippen LogP contribution is 2.14. The normalized spacial score (nSPS) is 15.1. The number of hydrogen-bond donors (Lipinski definition) is 1. The van der Waals surface area contributed by atoms with E-state index < -0.39 is 0 Å². The summed E-state index contributed by atoms with van der Waals surface area (Å²) in [4.78, 5) is 16.4. The molecule has 1 saturated carbocycles. The van der Waals surface area contributed by atoms with Crippen molar-refractivity contribution >= 4 is 17.8 Å². The van der Waals surface area contributed by atoms with E-state index in [9.17, 15) is 4.79 Å². The van der Waals surface area contributed by atoms with Gasteiger partial charge in [0.15, 0.2) is 6.61 Å². The van der Waals surface area contributed by atoms with E-state index >= 15 is 0 Å².